The first kappa shape index (κ1) is 64.8. The van der Waals surface area contributed by atoms with Crippen LogP contribution in [0, 0.1) is 0 Å². The number of rotatable bonds is 16. The van der Waals surface area contributed by atoms with Gasteiger partial charge in [0, 0.05) is 76.6 Å². The van der Waals surface area contributed by atoms with E-state index >= 15 is 0 Å². The summed E-state index contributed by atoms with van der Waals surface area (Å²) < 4.78 is 31.7. The van der Waals surface area contributed by atoms with Crippen LogP contribution in [0.2, 0.25) is 0 Å². The van der Waals surface area contributed by atoms with E-state index in [0.717, 1.165) is 68.9 Å². The molecule has 16 nitrogen and oxygen atoms in total. The fourth-order valence-corrected chi connectivity index (χ4v) is 13.0. The van der Waals surface area contributed by atoms with Gasteiger partial charge in [-0.05, 0) is 93.2 Å². The molecule has 0 spiro atoms. The maximum Gasteiger partial charge on any atom is 0.255 e. The first-order valence-corrected chi connectivity index (χ1v) is 31.1. The van der Waals surface area contributed by atoms with Crippen LogP contribution >= 0.6 is 11.6 Å². The van der Waals surface area contributed by atoms with Crippen LogP contribution in [0.15, 0.2) is 194 Å². The molecular formula is C74H79ClN6O10. The Balaban J connectivity index is 0.000000170. The number of halogens is 1. The lowest BCUT2D eigenvalue weighted by molar-refractivity contribution is -0.139. The minimum Gasteiger partial charge on any atom is -0.493 e. The van der Waals surface area contributed by atoms with Crippen LogP contribution in [0.5, 0.6) is 34.5 Å². The van der Waals surface area contributed by atoms with Gasteiger partial charge in [0.15, 0.2) is 23.0 Å². The quantitative estimate of drug-likeness (QED) is 0.0915. The molecule has 2 saturated heterocycles. The Labute approximate surface area is 538 Å². The average molecular weight is 1250 g/mol. The largest absolute Gasteiger partial charge is 0.493 e. The number of ether oxygens (including phenoxy) is 6. The van der Waals surface area contributed by atoms with E-state index in [2.05, 4.69) is 149 Å². The third kappa shape index (κ3) is 14.9. The summed E-state index contributed by atoms with van der Waals surface area (Å²) in [6, 6.07) is 64.4. The second-order valence-corrected chi connectivity index (χ2v) is 22.8. The molecule has 1 N–H and O–H groups in total. The fraction of sp³-hybridized carbons (Fsp3) is 0.297. The van der Waals surface area contributed by atoms with Crippen molar-refractivity contribution in [2.45, 2.75) is 37.0 Å². The summed E-state index contributed by atoms with van der Waals surface area (Å²) in [5.41, 5.74) is 10.1. The van der Waals surface area contributed by atoms with E-state index in [0.29, 0.717) is 71.7 Å². The van der Waals surface area contributed by atoms with Crippen molar-refractivity contribution in [1.29, 1.82) is 0 Å². The minimum absolute atomic E-state index is 0.0569. The lowest BCUT2D eigenvalue weighted by Crippen LogP contribution is -2.54. The molecule has 8 aromatic rings. The van der Waals surface area contributed by atoms with Crippen molar-refractivity contribution in [3.05, 3.63) is 250 Å². The van der Waals surface area contributed by atoms with Crippen molar-refractivity contribution < 1.29 is 47.6 Å². The zero-order chi connectivity index (χ0) is 63.8. The minimum atomic E-state index is -0.730. The van der Waals surface area contributed by atoms with Crippen LogP contribution in [0.25, 0.3) is 0 Å². The number of fused-ring (bicyclic) bond motifs is 2. The number of methoxy groups -OCH3 is 6. The number of hydrogen-bond acceptors (Lipinski definition) is 13. The highest BCUT2D eigenvalue weighted by Crippen LogP contribution is 2.42. The van der Waals surface area contributed by atoms with Gasteiger partial charge < -0.3 is 48.4 Å². The molecule has 0 aromatic heterocycles. The maximum absolute atomic E-state index is 14.5. The molecule has 12 rings (SSSR count). The van der Waals surface area contributed by atoms with Crippen molar-refractivity contribution >= 4 is 34.6 Å². The van der Waals surface area contributed by atoms with E-state index in [1.54, 1.807) is 17.0 Å². The first-order valence-electron chi connectivity index (χ1n) is 30.7. The lowest BCUT2D eigenvalue weighted by atomic mass is 9.90. The SMILES string of the molecule is COc1cc(C(=O)Cl)cc(OC)c1OC.COc1cc(C(=O)N2CCc3ccccc3C2C(=O)N2CCN(C(c3ccccc3)c3ccccc3)CC2)cc(OC)c1OC.O=C(C1NCCc2ccccc21)N1CCN(C(c2ccccc2)c2ccccc2)CC1. The molecule has 2 unspecified atom stereocenters. The highest BCUT2D eigenvalue weighted by Gasteiger charge is 2.41. The van der Waals surface area contributed by atoms with Gasteiger partial charge in [-0.2, -0.15) is 0 Å². The molecule has 4 aliphatic heterocycles. The van der Waals surface area contributed by atoms with Gasteiger partial charge >= 0.3 is 0 Å². The third-order valence-electron chi connectivity index (χ3n) is 17.4. The molecule has 0 saturated carbocycles. The third-order valence-corrected chi connectivity index (χ3v) is 17.6. The number of nitrogens with zero attached hydrogens (tertiary/aromatic N) is 5. The van der Waals surface area contributed by atoms with Crippen LogP contribution in [0.3, 0.4) is 0 Å². The van der Waals surface area contributed by atoms with Gasteiger partial charge in [0.1, 0.15) is 12.1 Å². The number of carbonyl (C=O) groups is 4. The summed E-state index contributed by atoms with van der Waals surface area (Å²) in [5.74, 6) is 2.33. The van der Waals surface area contributed by atoms with Crippen LogP contribution in [0.1, 0.15) is 89.4 Å². The van der Waals surface area contributed by atoms with E-state index in [9.17, 15) is 19.2 Å². The van der Waals surface area contributed by atoms with Gasteiger partial charge in [-0.3, -0.25) is 29.0 Å². The number of benzene rings is 8. The molecule has 4 aliphatic rings. The second-order valence-electron chi connectivity index (χ2n) is 22.5. The number of carbonyl (C=O) groups excluding carboxylic acids is 4. The standard InChI is InChI=1S/C37H39N3O5.C27H29N3O.C10H11ClO4/c1-43-31-24-29(25-32(44-2)35(31)45-3)36(41)40-19-18-26-12-10-11-17-30(26)34(40)37(42)39-22-20-38(21-23-39)33(27-13-6-4-7-14-27)28-15-8-5-9-16-28;31-27(25-24-14-8-7-9-21(24)15-16-28-25)30-19-17-29(18-20-30)26(22-10-3-1-4-11-22)23-12-5-2-6-13-23;1-13-7-4-6(10(11)12)5-8(14-2)9(7)15-3/h4-17,24-25,33-34H,18-23H2,1-3H3;1-14,25-26,28H,15-20H2;4-5H,1-3H3. The van der Waals surface area contributed by atoms with Gasteiger partial charge in [0.25, 0.3) is 11.1 Å². The molecule has 2 fully saturated rings. The van der Waals surface area contributed by atoms with Gasteiger partial charge in [-0.25, -0.2) is 0 Å². The molecule has 91 heavy (non-hydrogen) atoms. The average Bonchev–Trinajstić information content (AvgIpc) is 0.980. The normalized spacial score (nSPS) is 16.4. The van der Waals surface area contributed by atoms with Crippen molar-refractivity contribution in [3.8, 4) is 34.5 Å². The van der Waals surface area contributed by atoms with Gasteiger partial charge in [0.05, 0.1) is 54.7 Å². The van der Waals surface area contributed by atoms with E-state index in [1.807, 2.05) is 46.2 Å². The first-order chi connectivity index (χ1) is 44.5. The monoisotopic (exact) mass is 1250 g/mol. The molecule has 0 aliphatic carbocycles. The maximum atomic E-state index is 14.5. The Morgan fingerprint density at radius 3 is 1.18 bits per heavy atom. The number of piperazine rings is 2. The molecule has 472 valence electrons. The Morgan fingerprint density at radius 2 is 0.780 bits per heavy atom. The van der Waals surface area contributed by atoms with Crippen LogP contribution in [0.4, 0.5) is 0 Å². The molecule has 2 atom stereocenters. The Bertz CT molecular complexity index is 3610. The Morgan fingerprint density at radius 1 is 0.418 bits per heavy atom. The molecule has 17 heteroatoms. The summed E-state index contributed by atoms with van der Waals surface area (Å²) in [4.78, 5) is 63.7. The van der Waals surface area contributed by atoms with Gasteiger partial charge in [0.2, 0.25) is 23.3 Å². The number of nitrogens with one attached hydrogen (secondary N) is 1. The second kappa shape index (κ2) is 31.0. The Kier molecular flexibility index (Phi) is 22.1. The number of amides is 3. The lowest BCUT2D eigenvalue weighted by Gasteiger charge is -2.43. The van der Waals surface area contributed by atoms with Gasteiger partial charge in [-0.15, -0.1) is 0 Å². The van der Waals surface area contributed by atoms with Crippen LogP contribution in [-0.4, -0.2) is 156 Å². The smallest absolute Gasteiger partial charge is 0.255 e. The molecule has 3 amide bonds. The van der Waals surface area contributed by atoms with Crippen molar-refractivity contribution in [3.63, 3.8) is 0 Å². The van der Waals surface area contributed by atoms with Crippen molar-refractivity contribution in [1.82, 2.24) is 29.8 Å². The summed E-state index contributed by atoms with van der Waals surface area (Å²) in [6.07, 6.45) is 1.66. The molecule has 8 aromatic carbocycles. The summed E-state index contributed by atoms with van der Waals surface area (Å²) in [6.45, 7) is 7.11. The number of hydrogen-bond donors (Lipinski definition) is 1. The predicted molar refractivity (Wildman–Crippen MR) is 353 cm³/mol. The highest BCUT2D eigenvalue weighted by molar-refractivity contribution is 6.67. The van der Waals surface area contributed by atoms with E-state index in [4.69, 9.17) is 40.0 Å². The van der Waals surface area contributed by atoms with E-state index < -0.39 is 11.3 Å². The highest BCUT2D eigenvalue weighted by atomic mass is 35.5. The van der Waals surface area contributed by atoms with Crippen LogP contribution in [-0.2, 0) is 22.4 Å². The zero-order valence-corrected chi connectivity index (χ0v) is 53.2. The van der Waals surface area contributed by atoms with E-state index in [1.165, 1.54) is 82.6 Å². The molecule has 0 bridgehead atoms. The summed E-state index contributed by atoms with van der Waals surface area (Å²) in [5, 5.41) is 2.88. The fourth-order valence-electron chi connectivity index (χ4n) is 12.9. The predicted octanol–water partition coefficient (Wildman–Crippen LogP) is 11.3. The molecule has 0 radical (unpaired) electrons. The zero-order valence-electron chi connectivity index (χ0n) is 52.5. The summed E-state index contributed by atoms with van der Waals surface area (Å²) in [7, 11) is 9.01. The topological polar surface area (TPSA) is 152 Å². The van der Waals surface area contributed by atoms with Crippen molar-refractivity contribution in [2.75, 3.05) is 108 Å². The molecular weight excluding hydrogens is 1170 g/mol. The van der Waals surface area contributed by atoms with Crippen molar-refractivity contribution in [2.24, 2.45) is 0 Å². The molecule has 4 heterocycles. The van der Waals surface area contributed by atoms with Crippen LogP contribution < -0.4 is 33.7 Å². The Hall–Kier alpha value is -9.19. The van der Waals surface area contributed by atoms with Gasteiger partial charge in [-0.1, -0.05) is 170 Å². The van der Waals surface area contributed by atoms with E-state index in [-0.39, 0.29) is 35.8 Å². The summed E-state index contributed by atoms with van der Waals surface area (Å²) >= 11 is 5.37.